The maximum Gasteiger partial charge on any atom is 0.323 e. The number of hydrogen-bond donors (Lipinski definition) is 1. The highest BCUT2D eigenvalue weighted by atomic mass is 35.5. The zero-order valence-corrected chi connectivity index (χ0v) is 19.1. The summed E-state index contributed by atoms with van der Waals surface area (Å²) in [7, 11) is 0. The van der Waals surface area contributed by atoms with Gasteiger partial charge in [-0.15, -0.1) is 0 Å². The van der Waals surface area contributed by atoms with Gasteiger partial charge in [0, 0.05) is 29.0 Å². The van der Waals surface area contributed by atoms with Crippen molar-refractivity contribution in [2.45, 2.75) is 31.9 Å². The predicted octanol–water partition coefficient (Wildman–Crippen LogP) is 5.28. The van der Waals surface area contributed by atoms with E-state index < -0.39 is 29.8 Å². The van der Waals surface area contributed by atoms with Crippen molar-refractivity contribution in [3.05, 3.63) is 99.6 Å². The number of hydrogen-bond acceptors (Lipinski definition) is 3. The molecule has 1 amide bonds. The summed E-state index contributed by atoms with van der Waals surface area (Å²) in [6, 6.07) is 15.4. The SMILES string of the molecule is C[C@@]1(Cc2ccccc2F)Cc2cc(C(=O)N(CC(=O)O)Cc3c(F)cccc3Cl)ccc2O1. The minimum absolute atomic E-state index is 0.0423. The second-order valence-electron chi connectivity index (χ2n) is 8.57. The summed E-state index contributed by atoms with van der Waals surface area (Å²) in [5.41, 5.74) is 0.868. The molecular formula is C26H22ClF2NO4. The Labute approximate surface area is 200 Å². The zero-order valence-electron chi connectivity index (χ0n) is 18.4. The van der Waals surface area contributed by atoms with Crippen molar-refractivity contribution in [2.24, 2.45) is 0 Å². The second kappa shape index (κ2) is 9.43. The molecule has 1 aliphatic rings. The molecule has 0 radical (unpaired) electrons. The van der Waals surface area contributed by atoms with Crippen LogP contribution in [0, 0.1) is 11.6 Å². The van der Waals surface area contributed by atoms with E-state index in [0.717, 1.165) is 10.5 Å². The standard InChI is InChI=1S/C26H22ClF2NO4/c1-26(12-17-5-2-3-7-21(17)28)13-18-11-16(9-10-23(18)34-26)25(33)30(15-24(31)32)14-19-20(27)6-4-8-22(19)29/h2-11H,12-15H2,1H3,(H,31,32)/t26-/m1/s1. The molecule has 0 saturated carbocycles. The molecule has 1 heterocycles. The number of amides is 1. The third-order valence-electron chi connectivity index (χ3n) is 5.77. The Bertz CT molecular complexity index is 1250. The lowest BCUT2D eigenvalue weighted by atomic mass is 9.91. The van der Waals surface area contributed by atoms with E-state index in [1.165, 1.54) is 30.3 Å². The first-order valence-electron chi connectivity index (χ1n) is 10.6. The summed E-state index contributed by atoms with van der Waals surface area (Å²) in [5.74, 6) is -2.16. The molecule has 0 bridgehead atoms. The fourth-order valence-electron chi connectivity index (χ4n) is 4.22. The van der Waals surface area contributed by atoms with Gasteiger partial charge in [0.25, 0.3) is 5.91 Å². The molecule has 0 fully saturated rings. The van der Waals surface area contributed by atoms with Crippen LogP contribution < -0.4 is 4.74 Å². The van der Waals surface area contributed by atoms with Crippen LogP contribution >= 0.6 is 11.6 Å². The summed E-state index contributed by atoms with van der Waals surface area (Å²) < 4.78 is 34.5. The Morgan fingerprint density at radius 1 is 1.09 bits per heavy atom. The first kappa shape index (κ1) is 23.7. The molecule has 0 spiro atoms. The summed E-state index contributed by atoms with van der Waals surface area (Å²) >= 11 is 6.08. The maximum atomic E-state index is 14.3. The molecule has 1 N–H and O–H groups in total. The number of benzene rings is 3. The number of halogens is 3. The molecular weight excluding hydrogens is 464 g/mol. The number of carboxylic acids is 1. The van der Waals surface area contributed by atoms with Gasteiger partial charge in [-0.2, -0.15) is 0 Å². The van der Waals surface area contributed by atoms with Gasteiger partial charge in [-0.25, -0.2) is 8.78 Å². The highest BCUT2D eigenvalue weighted by molar-refractivity contribution is 6.31. The van der Waals surface area contributed by atoms with Gasteiger partial charge >= 0.3 is 5.97 Å². The summed E-state index contributed by atoms with van der Waals surface area (Å²) in [6.45, 7) is 0.954. The van der Waals surface area contributed by atoms with Gasteiger partial charge in [0.05, 0.1) is 6.54 Å². The molecule has 1 atom stereocenters. The third-order valence-corrected chi connectivity index (χ3v) is 6.13. The lowest BCUT2D eigenvalue weighted by molar-refractivity contribution is -0.137. The minimum Gasteiger partial charge on any atom is -0.487 e. The van der Waals surface area contributed by atoms with Crippen LogP contribution in [0.5, 0.6) is 5.75 Å². The quantitative estimate of drug-likeness (QED) is 0.494. The fraction of sp³-hybridized carbons (Fsp3) is 0.231. The van der Waals surface area contributed by atoms with E-state index in [0.29, 0.717) is 24.2 Å². The molecule has 0 aliphatic carbocycles. The van der Waals surface area contributed by atoms with Crippen molar-refractivity contribution in [1.29, 1.82) is 0 Å². The second-order valence-corrected chi connectivity index (χ2v) is 8.98. The highest BCUT2D eigenvalue weighted by Crippen LogP contribution is 2.38. The average Bonchev–Trinajstić information content (AvgIpc) is 3.11. The van der Waals surface area contributed by atoms with E-state index in [-0.39, 0.29) is 28.5 Å². The van der Waals surface area contributed by atoms with Crippen LogP contribution in [0.1, 0.15) is 34.0 Å². The first-order chi connectivity index (χ1) is 16.1. The molecule has 1 aliphatic heterocycles. The topological polar surface area (TPSA) is 66.8 Å². The van der Waals surface area contributed by atoms with Crippen molar-refractivity contribution < 1.29 is 28.2 Å². The van der Waals surface area contributed by atoms with Crippen LogP contribution in [0.3, 0.4) is 0 Å². The lowest BCUT2D eigenvalue weighted by Gasteiger charge is -2.24. The Kier molecular flexibility index (Phi) is 6.57. The normalized spacial score (nSPS) is 16.6. The predicted molar refractivity (Wildman–Crippen MR) is 123 cm³/mol. The number of nitrogens with zero attached hydrogens (tertiary/aromatic N) is 1. The van der Waals surface area contributed by atoms with Crippen molar-refractivity contribution in [3.8, 4) is 5.75 Å². The van der Waals surface area contributed by atoms with Crippen molar-refractivity contribution >= 4 is 23.5 Å². The number of carboxylic acid groups (broad SMARTS) is 1. The number of carbonyl (C=O) groups excluding carboxylic acids is 1. The summed E-state index contributed by atoms with van der Waals surface area (Å²) in [4.78, 5) is 25.6. The number of fused-ring (bicyclic) bond motifs is 1. The van der Waals surface area contributed by atoms with Gasteiger partial charge in [0.2, 0.25) is 0 Å². The van der Waals surface area contributed by atoms with Crippen LogP contribution in [0.2, 0.25) is 5.02 Å². The molecule has 4 rings (SSSR count). The number of aliphatic carboxylic acids is 1. The van der Waals surface area contributed by atoms with Crippen LogP contribution in [0.25, 0.3) is 0 Å². The highest BCUT2D eigenvalue weighted by Gasteiger charge is 2.36. The number of ether oxygens (including phenoxy) is 1. The smallest absolute Gasteiger partial charge is 0.323 e. The molecule has 3 aromatic rings. The molecule has 3 aromatic carbocycles. The van der Waals surface area contributed by atoms with Crippen LogP contribution in [0.15, 0.2) is 60.7 Å². The molecule has 176 valence electrons. The van der Waals surface area contributed by atoms with Gasteiger partial charge < -0.3 is 14.7 Å². The van der Waals surface area contributed by atoms with Crippen LogP contribution in [0.4, 0.5) is 8.78 Å². The third kappa shape index (κ3) is 5.04. The molecule has 5 nitrogen and oxygen atoms in total. The van der Waals surface area contributed by atoms with Crippen molar-refractivity contribution in [1.82, 2.24) is 4.90 Å². The van der Waals surface area contributed by atoms with Gasteiger partial charge in [-0.3, -0.25) is 9.59 Å². The van der Waals surface area contributed by atoms with E-state index >= 15 is 0 Å². The number of carbonyl (C=O) groups is 2. The van der Waals surface area contributed by atoms with E-state index in [4.69, 9.17) is 16.3 Å². The van der Waals surface area contributed by atoms with E-state index in [9.17, 15) is 23.5 Å². The summed E-state index contributed by atoms with van der Waals surface area (Å²) in [5, 5.41) is 9.42. The van der Waals surface area contributed by atoms with Gasteiger partial charge in [-0.05, 0) is 54.4 Å². The van der Waals surface area contributed by atoms with Crippen molar-refractivity contribution in [2.75, 3.05) is 6.54 Å². The first-order valence-corrected chi connectivity index (χ1v) is 11.0. The zero-order chi connectivity index (χ0) is 24.5. The minimum atomic E-state index is -1.23. The summed E-state index contributed by atoms with van der Waals surface area (Å²) in [6.07, 6.45) is 0.782. The lowest BCUT2D eigenvalue weighted by Crippen LogP contribution is -2.35. The Hall–Kier alpha value is -3.45. The Morgan fingerprint density at radius 3 is 2.53 bits per heavy atom. The monoisotopic (exact) mass is 485 g/mol. The van der Waals surface area contributed by atoms with E-state index in [1.54, 1.807) is 30.3 Å². The van der Waals surface area contributed by atoms with E-state index in [1.807, 2.05) is 6.92 Å². The molecule has 0 unspecified atom stereocenters. The van der Waals surface area contributed by atoms with E-state index in [2.05, 4.69) is 0 Å². The number of rotatable bonds is 7. The van der Waals surface area contributed by atoms with Gasteiger partial charge in [0.15, 0.2) is 0 Å². The molecule has 0 aromatic heterocycles. The van der Waals surface area contributed by atoms with Crippen molar-refractivity contribution in [3.63, 3.8) is 0 Å². The maximum absolute atomic E-state index is 14.3. The van der Waals surface area contributed by atoms with Crippen LogP contribution in [-0.4, -0.2) is 34.0 Å². The fourth-order valence-corrected chi connectivity index (χ4v) is 4.44. The Morgan fingerprint density at radius 2 is 1.82 bits per heavy atom. The van der Waals surface area contributed by atoms with Gasteiger partial charge in [0.1, 0.15) is 29.5 Å². The molecule has 0 saturated heterocycles. The molecule has 34 heavy (non-hydrogen) atoms. The van der Waals surface area contributed by atoms with Crippen LogP contribution in [-0.2, 0) is 24.2 Å². The largest absolute Gasteiger partial charge is 0.487 e. The van der Waals surface area contributed by atoms with Gasteiger partial charge in [-0.1, -0.05) is 35.9 Å². The molecule has 8 heteroatoms. The Balaban J connectivity index is 1.57. The average molecular weight is 486 g/mol.